The molecule has 1 saturated heterocycles. The van der Waals surface area contributed by atoms with Crippen LogP contribution in [-0.2, 0) is 16.2 Å². The first-order valence-electron chi connectivity index (χ1n) is 10.6. The number of nitrogens with zero attached hydrogens (tertiary/aromatic N) is 4. The molecule has 0 bridgehead atoms. The van der Waals surface area contributed by atoms with Crippen molar-refractivity contribution in [2.45, 2.75) is 18.8 Å². The van der Waals surface area contributed by atoms with Gasteiger partial charge < -0.3 is 24.3 Å². The van der Waals surface area contributed by atoms with E-state index in [0.717, 1.165) is 31.9 Å². The fourth-order valence-electron chi connectivity index (χ4n) is 3.38. The summed E-state index contributed by atoms with van der Waals surface area (Å²) in [6.07, 6.45) is 0. The summed E-state index contributed by atoms with van der Waals surface area (Å²) in [4.78, 5) is 27.8. The van der Waals surface area contributed by atoms with Crippen molar-refractivity contribution < 1.29 is 18.7 Å². The molecule has 172 valence electrons. The Morgan fingerprint density at radius 3 is 2.45 bits per heavy atom. The summed E-state index contributed by atoms with van der Waals surface area (Å²) < 4.78 is 11.1. The molecule has 2 heterocycles. The second-order valence-electron chi connectivity index (χ2n) is 7.44. The largest absolute Gasteiger partial charge is 0.484 e. The number of rotatable bonds is 8. The second-order valence-corrected chi connectivity index (χ2v) is 8.37. The summed E-state index contributed by atoms with van der Waals surface area (Å²) in [6, 6.07) is 17.1. The molecule has 1 aliphatic heterocycles. The predicted octanol–water partition coefficient (Wildman–Crippen LogP) is 3.05. The number of amides is 2. The first kappa shape index (κ1) is 22.7. The molecule has 10 heteroatoms. The molecule has 1 aliphatic rings. The van der Waals surface area contributed by atoms with Crippen LogP contribution in [0.25, 0.3) is 0 Å². The number of nitrogens with one attached hydrogen (secondary N) is 1. The molecule has 1 N–H and O–H groups in total. The molecule has 9 nitrogen and oxygen atoms in total. The van der Waals surface area contributed by atoms with Gasteiger partial charge in [0.15, 0.2) is 6.61 Å². The Labute approximate surface area is 196 Å². The lowest BCUT2D eigenvalue weighted by atomic mass is 10.2. The van der Waals surface area contributed by atoms with Crippen molar-refractivity contribution in [2.75, 3.05) is 42.1 Å². The van der Waals surface area contributed by atoms with Crippen molar-refractivity contribution in [1.82, 2.24) is 15.1 Å². The molecule has 2 aromatic carbocycles. The van der Waals surface area contributed by atoms with Crippen LogP contribution >= 0.6 is 11.8 Å². The third-order valence-electron chi connectivity index (χ3n) is 5.12. The number of hydrogen-bond acceptors (Lipinski definition) is 8. The van der Waals surface area contributed by atoms with Gasteiger partial charge in [-0.2, -0.15) is 0 Å². The molecule has 4 rings (SSSR count). The number of anilines is 2. The van der Waals surface area contributed by atoms with Gasteiger partial charge >= 0.3 is 0 Å². The molecule has 0 unspecified atom stereocenters. The van der Waals surface area contributed by atoms with Crippen molar-refractivity contribution >= 4 is 35.0 Å². The van der Waals surface area contributed by atoms with E-state index in [-0.39, 0.29) is 24.2 Å². The van der Waals surface area contributed by atoms with Crippen LogP contribution in [0, 0.1) is 0 Å². The monoisotopic (exact) mass is 467 g/mol. The Morgan fingerprint density at radius 2 is 1.76 bits per heavy atom. The number of piperazine rings is 1. The van der Waals surface area contributed by atoms with Crippen LogP contribution in [0.15, 0.2) is 64.2 Å². The summed E-state index contributed by atoms with van der Waals surface area (Å²) in [5, 5.41) is 11.1. The van der Waals surface area contributed by atoms with Gasteiger partial charge in [0.2, 0.25) is 11.8 Å². The quantitative estimate of drug-likeness (QED) is 0.505. The van der Waals surface area contributed by atoms with E-state index in [1.807, 2.05) is 59.5 Å². The van der Waals surface area contributed by atoms with Gasteiger partial charge in [-0.3, -0.25) is 9.59 Å². The van der Waals surface area contributed by atoms with Crippen LogP contribution < -0.4 is 15.0 Å². The van der Waals surface area contributed by atoms with Gasteiger partial charge in [0.25, 0.3) is 11.1 Å². The molecular weight excluding hydrogens is 442 g/mol. The highest BCUT2D eigenvalue weighted by Crippen LogP contribution is 2.21. The van der Waals surface area contributed by atoms with E-state index in [9.17, 15) is 9.59 Å². The van der Waals surface area contributed by atoms with Gasteiger partial charge in [0, 0.05) is 44.5 Å². The number of aromatic nitrogens is 2. The number of benzene rings is 2. The molecule has 0 spiro atoms. The van der Waals surface area contributed by atoms with Crippen molar-refractivity contribution in [2.24, 2.45) is 0 Å². The standard InChI is InChI=1S/C23H25N5O4S/c1-17(29)27-11-13-28(14-12-27)19-9-7-18(8-10-19)24-21(30)16-33-23-26-25-22(32-23)15-31-20-5-3-2-4-6-20/h2-10H,11-16H2,1H3,(H,24,30). The molecule has 1 aromatic heterocycles. The lowest BCUT2D eigenvalue weighted by molar-refractivity contribution is -0.129. The fraction of sp³-hybridized carbons (Fsp3) is 0.304. The minimum absolute atomic E-state index is 0.114. The normalized spacial score (nSPS) is 13.6. The maximum Gasteiger partial charge on any atom is 0.277 e. The maximum absolute atomic E-state index is 12.3. The average molecular weight is 468 g/mol. The Balaban J connectivity index is 1.20. The van der Waals surface area contributed by atoms with Gasteiger partial charge in [-0.15, -0.1) is 10.2 Å². The Kier molecular flexibility index (Phi) is 7.46. The van der Waals surface area contributed by atoms with Gasteiger partial charge in [-0.25, -0.2) is 0 Å². The third kappa shape index (κ3) is 6.48. The maximum atomic E-state index is 12.3. The van der Waals surface area contributed by atoms with Crippen molar-refractivity contribution in [3.05, 3.63) is 60.5 Å². The van der Waals surface area contributed by atoms with Gasteiger partial charge in [-0.1, -0.05) is 30.0 Å². The Hall–Kier alpha value is -3.53. The number of hydrogen-bond donors (Lipinski definition) is 1. The molecular formula is C23H25N5O4S. The summed E-state index contributed by atoms with van der Waals surface area (Å²) in [7, 11) is 0. The first-order valence-corrected chi connectivity index (χ1v) is 11.6. The molecule has 0 saturated carbocycles. The third-order valence-corrected chi connectivity index (χ3v) is 5.94. The molecule has 33 heavy (non-hydrogen) atoms. The van der Waals surface area contributed by atoms with E-state index in [4.69, 9.17) is 9.15 Å². The number of carbonyl (C=O) groups is 2. The predicted molar refractivity (Wildman–Crippen MR) is 125 cm³/mol. The zero-order valence-electron chi connectivity index (χ0n) is 18.3. The summed E-state index contributed by atoms with van der Waals surface area (Å²) in [6.45, 7) is 4.81. The lowest BCUT2D eigenvalue weighted by Gasteiger charge is -2.35. The van der Waals surface area contributed by atoms with Crippen molar-refractivity contribution in [1.29, 1.82) is 0 Å². The molecule has 2 amide bonds. The highest BCUT2D eigenvalue weighted by atomic mass is 32.2. The van der Waals surface area contributed by atoms with Crippen LogP contribution in [0.5, 0.6) is 5.75 Å². The minimum Gasteiger partial charge on any atom is -0.484 e. The van der Waals surface area contributed by atoms with Crippen LogP contribution in [0.3, 0.4) is 0 Å². The molecule has 1 fully saturated rings. The highest BCUT2D eigenvalue weighted by molar-refractivity contribution is 7.99. The molecule has 0 radical (unpaired) electrons. The molecule has 0 atom stereocenters. The van der Waals surface area contributed by atoms with Gasteiger partial charge in [-0.05, 0) is 36.4 Å². The van der Waals surface area contributed by atoms with E-state index < -0.39 is 0 Å². The van der Waals surface area contributed by atoms with Crippen LogP contribution in [0.4, 0.5) is 11.4 Å². The lowest BCUT2D eigenvalue weighted by Crippen LogP contribution is -2.48. The zero-order valence-corrected chi connectivity index (χ0v) is 19.1. The smallest absolute Gasteiger partial charge is 0.277 e. The van der Waals surface area contributed by atoms with Crippen molar-refractivity contribution in [3.63, 3.8) is 0 Å². The molecule has 0 aliphatic carbocycles. The van der Waals surface area contributed by atoms with Crippen molar-refractivity contribution in [3.8, 4) is 5.75 Å². The summed E-state index contributed by atoms with van der Waals surface area (Å²) in [5.74, 6) is 1.16. The van der Waals surface area contributed by atoms with Crippen LogP contribution in [0.2, 0.25) is 0 Å². The van der Waals surface area contributed by atoms with E-state index in [0.29, 0.717) is 22.6 Å². The number of carbonyl (C=O) groups excluding carboxylic acids is 2. The van der Waals surface area contributed by atoms with Gasteiger partial charge in [0.1, 0.15) is 5.75 Å². The molecule has 3 aromatic rings. The number of para-hydroxylation sites is 1. The Morgan fingerprint density at radius 1 is 1.03 bits per heavy atom. The van der Waals surface area contributed by atoms with Crippen LogP contribution in [0.1, 0.15) is 12.8 Å². The highest BCUT2D eigenvalue weighted by Gasteiger charge is 2.18. The van der Waals surface area contributed by atoms with E-state index in [1.54, 1.807) is 6.92 Å². The topological polar surface area (TPSA) is 101 Å². The number of ether oxygens (including phenoxy) is 1. The SMILES string of the molecule is CC(=O)N1CCN(c2ccc(NC(=O)CSc3nnc(COc4ccccc4)o3)cc2)CC1. The van der Waals surface area contributed by atoms with Gasteiger partial charge in [0.05, 0.1) is 5.75 Å². The van der Waals surface area contributed by atoms with E-state index in [1.165, 1.54) is 11.8 Å². The Bertz CT molecular complexity index is 1070. The fourth-order valence-corrected chi connectivity index (χ4v) is 3.96. The second kappa shape index (κ2) is 10.9. The van der Waals surface area contributed by atoms with E-state index in [2.05, 4.69) is 20.4 Å². The van der Waals surface area contributed by atoms with E-state index >= 15 is 0 Å². The number of thioether (sulfide) groups is 1. The average Bonchev–Trinajstić information content (AvgIpc) is 3.31. The zero-order chi connectivity index (χ0) is 23.0. The van der Waals surface area contributed by atoms with Crippen LogP contribution in [-0.4, -0.2) is 58.8 Å². The summed E-state index contributed by atoms with van der Waals surface area (Å²) >= 11 is 1.17. The first-order chi connectivity index (χ1) is 16.1. The summed E-state index contributed by atoms with van der Waals surface area (Å²) in [5.41, 5.74) is 1.79. The minimum atomic E-state index is -0.164.